The van der Waals surface area contributed by atoms with Gasteiger partial charge in [-0.25, -0.2) is 16.8 Å². The van der Waals surface area contributed by atoms with E-state index in [1.807, 2.05) is 6.92 Å². The van der Waals surface area contributed by atoms with E-state index < -0.39 is 19.9 Å². The number of nitrogens with zero attached hydrogens (tertiary/aromatic N) is 2. The van der Waals surface area contributed by atoms with Crippen LogP contribution in [0.15, 0.2) is 18.2 Å². The van der Waals surface area contributed by atoms with Crippen LogP contribution in [0, 0.1) is 0 Å². The SMILES string of the molecule is CCCN(C(=O)c1ccc2c(c1)CCN2S(C)(=O)=O)C1CCS(=O)(=O)C1. The maximum absolute atomic E-state index is 13.0. The van der Waals surface area contributed by atoms with Gasteiger partial charge in [-0.05, 0) is 43.0 Å². The van der Waals surface area contributed by atoms with Crippen molar-refractivity contribution < 1.29 is 21.6 Å². The van der Waals surface area contributed by atoms with Gasteiger partial charge in [0.05, 0.1) is 23.4 Å². The Morgan fingerprint density at radius 3 is 2.65 bits per heavy atom. The van der Waals surface area contributed by atoms with Gasteiger partial charge in [0.15, 0.2) is 9.84 Å². The van der Waals surface area contributed by atoms with Crippen LogP contribution in [-0.4, -0.2) is 64.5 Å². The van der Waals surface area contributed by atoms with Gasteiger partial charge < -0.3 is 4.90 Å². The maximum atomic E-state index is 13.0. The number of rotatable bonds is 5. The predicted octanol–water partition coefficient (Wildman–Crippen LogP) is 1.05. The van der Waals surface area contributed by atoms with Crippen molar-refractivity contribution in [2.75, 3.05) is 35.2 Å². The zero-order valence-electron chi connectivity index (χ0n) is 15.0. The standard InChI is InChI=1S/C17H24N2O5S2/c1-3-8-18(15-7-10-26(23,24)12-15)17(20)14-4-5-16-13(11-14)6-9-19(16)25(2,21)22/h4-5,11,15H,3,6-10,12H2,1-2H3. The Morgan fingerprint density at radius 2 is 2.08 bits per heavy atom. The van der Waals surface area contributed by atoms with Crippen molar-refractivity contribution in [3.05, 3.63) is 29.3 Å². The minimum Gasteiger partial charge on any atom is -0.335 e. The van der Waals surface area contributed by atoms with E-state index in [0.717, 1.165) is 12.0 Å². The summed E-state index contributed by atoms with van der Waals surface area (Å²) in [5, 5.41) is 0. The highest BCUT2D eigenvalue weighted by Crippen LogP contribution is 2.31. The van der Waals surface area contributed by atoms with Crippen LogP contribution in [0.25, 0.3) is 0 Å². The Kier molecular flexibility index (Phi) is 5.04. The van der Waals surface area contributed by atoms with Crippen molar-refractivity contribution in [2.24, 2.45) is 0 Å². The highest BCUT2D eigenvalue weighted by molar-refractivity contribution is 7.92. The topological polar surface area (TPSA) is 91.8 Å². The Bertz CT molecular complexity index is 924. The number of sulfone groups is 1. The Hall–Kier alpha value is -1.61. The molecule has 2 aliphatic heterocycles. The summed E-state index contributed by atoms with van der Waals surface area (Å²) in [6.45, 7) is 2.84. The van der Waals surface area contributed by atoms with Crippen LogP contribution in [0.4, 0.5) is 5.69 Å². The molecule has 1 amide bonds. The summed E-state index contributed by atoms with van der Waals surface area (Å²) < 4.78 is 48.6. The third kappa shape index (κ3) is 3.73. The first-order valence-electron chi connectivity index (χ1n) is 8.74. The van der Waals surface area contributed by atoms with Crippen molar-refractivity contribution >= 4 is 31.5 Å². The second-order valence-corrected chi connectivity index (χ2v) is 11.1. The zero-order chi connectivity index (χ0) is 19.1. The highest BCUT2D eigenvalue weighted by Gasteiger charge is 2.35. The lowest BCUT2D eigenvalue weighted by Gasteiger charge is -2.28. The number of hydrogen-bond donors (Lipinski definition) is 0. The number of fused-ring (bicyclic) bond motifs is 1. The molecule has 1 saturated heterocycles. The second kappa shape index (κ2) is 6.84. The summed E-state index contributed by atoms with van der Waals surface area (Å²) >= 11 is 0. The largest absolute Gasteiger partial charge is 0.335 e. The van der Waals surface area contributed by atoms with E-state index >= 15 is 0 Å². The number of amides is 1. The summed E-state index contributed by atoms with van der Waals surface area (Å²) in [4.78, 5) is 14.7. The van der Waals surface area contributed by atoms with Gasteiger partial charge in [0.2, 0.25) is 10.0 Å². The Morgan fingerprint density at radius 1 is 1.35 bits per heavy atom. The van der Waals surface area contributed by atoms with Crippen molar-refractivity contribution in [3.8, 4) is 0 Å². The van der Waals surface area contributed by atoms with Crippen LogP contribution in [0.1, 0.15) is 35.7 Å². The van der Waals surface area contributed by atoms with Gasteiger partial charge in [0.1, 0.15) is 0 Å². The fraction of sp³-hybridized carbons (Fsp3) is 0.588. The molecule has 2 heterocycles. The number of sulfonamides is 1. The first-order chi connectivity index (χ1) is 12.1. The molecule has 7 nitrogen and oxygen atoms in total. The molecule has 26 heavy (non-hydrogen) atoms. The zero-order valence-corrected chi connectivity index (χ0v) is 16.6. The summed E-state index contributed by atoms with van der Waals surface area (Å²) in [6.07, 6.45) is 2.95. The van der Waals surface area contributed by atoms with Gasteiger partial charge in [-0.3, -0.25) is 9.10 Å². The van der Waals surface area contributed by atoms with E-state index in [-0.39, 0.29) is 23.5 Å². The number of anilines is 1. The lowest BCUT2D eigenvalue weighted by Crippen LogP contribution is -2.41. The summed E-state index contributed by atoms with van der Waals surface area (Å²) in [6, 6.07) is 4.77. The lowest BCUT2D eigenvalue weighted by atomic mass is 10.1. The molecule has 1 unspecified atom stereocenters. The van der Waals surface area contributed by atoms with Gasteiger partial charge in [-0.1, -0.05) is 6.92 Å². The van der Waals surface area contributed by atoms with Gasteiger partial charge in [-0.15, -0.1) is 0 Å². The lowest BCUT2D eigenvalue weighted by molar-refractivity contribution is 0.0697. The molecule has 0 saturated carbocycles. The smallest absolute Gasteiger partial charge is 0.254 e. The van der Waals surface area contributed by atoms with Gasteiger partial charge in [0.25, 0.3) is 5.91 Å². The minimum atomic E-state index is -3.33. The average molecular weight is 401 g/mol. The molecule has 0 radical (unpaired) electrons. The van der Waals surface area contributed by atoms with Crippen molar-refractivity contribution in [1.82, 2.24) is 4.90 Å². The molecule has 1 aromatic rings. The molecule has 0 spiro atoms. The van der Waals surface area contributed by atoms with Gasteiger partial charge >= 0.3 is 0 Å². The van der Waals surface area contributed by atoms with Crippen LogP contribution >= 0.6 is 0 Å². The molecule has 0 aromatic heterocycles. The molecule has 1 aromatic carbocycles. The van der Waals surface area contributed by atoms with Crippen LogP contribution < -0.4 is 4.31 Å². The van der Waals surface area contributed by atoms with Crippen LogP contribution in [0.5, 0.6) is 0 Å². The third-order valence-electron chi connectivity index (χ3n) is 4.95. The van der Waals surface area contributed by atoms with E-state index in [9.17, 15) is 21.6 Å². The monoisotopic (exact) mass is 400 g/mol. The first-order valence-corrected chi connectivity index (χ1v) is 12.4. The van der Waals surface area contributed by atoms with Crippen molar-refractivity contribution in [3.63, 3.8) is 0 Å². The van der Waals surface area contributed by atoms with E-state index in [2.05, 4.69) is 0 Å². The average Bonchev–Trinajstić information content (AvgIpc) is 3.13. The van der Waals surface area contributed by atoms with E-state index in [1.165, 1.54) is 10.6 Å². The molecule has 1 fully saturated rings. The van der Waals surface area contributed by atoms with Crippen LogP contribution in [-0.2, 0) is 26.3 Å². The maximum Gasteiger partial charge on any atom is 0.254 e. The quantitative estimate of drug-likeness (QED) is 0.737. The molecule has 3 rings (SSSR count). The Labute approximate surface area is 155 Å². The fourth-order valence-corrected chi connectivity index (χ4v) is 6.42. The number of carbonyl (C=O) groups is 1. The summed E-state index contributed by atoms with van der Waals surface area (Å²) in [5.41, 5.74) is 1.93. The molecular weight excluding hydrogens is 376 g/mol. The summed E-state index contributed by atoms with van der Waals surface area (Å²) in [7, 11) is -6.40. The van der Waals surface area contributed by atoms with E-state index in [4.69, 9.17) is 0 Å². The van der Waals surface area contributed by atoms with E-state index in [1.54, 1.807) is 23.1 Å². The van der Waals surface area contributed by atoms with Crippen LogP contribution in [0.2, 0.25) is 0 Å². The van der Waals surface area contributed by atoms with Gasteiger partial charge in [-0.2, -0.15) is 0 Å². The number of benzene rings is 1. The highest BCUT2D eigenvalue weighted by atomic mass is 32.2. The molecule has 2 aliphatic rings. The van der Waals surface area contributed by atoms with Crippen molar-refractivity contribution in [1.29, 1.82) is 0 Å². The fourth-order valence-electron chi connectivity index (χ4n) is 3.73. The van der Waals surface area contributed by atoms with Gasteiger partial charge in [0, 0.05) is 24.7 Å². The molecule has 9 heteroatoms. The van der Waals surface area contributed by atoms with Crippen LogP contribution in [0.3, 0.4) is 0 Å². The molecule has 0 aliphatic carbocycles. The first kappa shape index (κ1) is 19.2. The minimum absolute atomic E-state index is 0.0194. The van der Waals surface area contributed by atoms with E-state index in [0.29, 0.717) is 37.2 Å². The molecule has 1 atom stereocenters. The number of hydrogen-bond acceptors (Lipinski definition) is 5. The summed E-state index contributed by atoms with van der Waals surface area (Å²) in [5.74, 6) is -0.0425. The normalized spacial score (nSPS) is 21.6. The van der Waals surface area contributed by atoms with Crippen molar-refractivity contribution in [2.45, 2.75) is 32.2 Å². The second-order valence-electron chi connectivity index (χ2n) is 6.98. The molecule has 0 bridgehead atoms. The Balaban J connectivity index is 1.87. The molecule has 0 N–H and O–H groups in total. The predicted molar refractivity (Wildman–Crippen MR) is 101 cm³/mol. The molecular formula is C17H24N2O5S2. The number of carbonyl (C=O) groups excluding carboxylic acids is 1. The third-order valence-corrected chi connectivity index (χ3v) is 7.88. The molecule has 144 valence electrons.